The number of rotatable bonds is 4. The summed E-state index contributed by atoms with van der Waals surface area (Å²) in [5.41, 5.74) is 8.20. The van der Waals surface area contributed by atoms with Gasteiger partial charge in [-0.3, -0.25) is 0 Å². The summed E-state index contributed by atoms with van der Waals surface area (Å²) >= 11 is 0. The zero-order chi connectivity index (χ0) is 20.9. The third kappa shape index (κ3) is 3.30. The van der Waals surface area contributed by atoms with E-state index in [1.54, 1.807) is 10.7 Å². The van der Waals surface area contributed by atoms with Crippen LogP contribution in [0.1, 0.15) is 12.8 Å². The van der Waals surface area contributed by atoms with E-state index in [9.17, 15) is 0 Å². The zero-order valence-corrected chi connectivity index (χ0v) is 17.4. The molecule has 0 bridgehead atoms. The first-order chi connectivity index (χ1) is 15.1. The Kier molecular flexibility index (Phi) is 4.32. The topological polar surface area (TPSA) is 98.0 Å². The second-order valence-corrected chi connectivity index (χ2v) is 8.50. The van der Waals surface area contributed by atoms with Crippen LogP contribution in [0.4, 0.5) is 5.82 Å². The molecule has 1 saturated carbocycles. The number of piperazine rings is 1. The molecular weight excluding hydrogens is 394 g/mol. The summed E-state index contributed by atoms with van der Waals surface area (Å²) in [7, 11) is 2.15. The number of nitrogens with zero attached hydrogens (tertiary/aromatic N) is 6. The van der Waals surface area contributed by atoms with Gasteiger partial charge in [0.05, 0.1) is 11.6 Å². The first-order valence-corrected chi connectivity index (χ1v) is 10.7. The average Bonchev–Trinajstić information content (AvgIpc) is 3.36. The smallest absolute Gasteiger partial charge is 0.232 e. The molecule has 0 amide bonds. The Morgan fingerprint density at radius 2 is 1.94 bits per heavy atom. The second kappa shape index (κ2) is 7.21. The molecule has 2 N–H and O–H groups in total. The lowest BCUT2D eigenvalue weighted by molar-refractivity contribution is 0.0944. The van der Waals surface area contributed by atoms with Gasteiger partial charge in [0.15, 0.2) is 11.4 Å². The van der Waals surface area contributed by atoms with Gasteiger partial charge in [0.1, 0.15) is 23.2 Å². The number of hydrogen-bond donors (Lipinski definition) is 1. The molecule has 31 heavy (non-hydrogen) atoms. The van der Waals surface area contributed by atoms with Crippen LogP contribution in [0.25, 0.3) is 28.1 Å². The van der Waals surface area contributed by atoms with Crippen LogP contribution in [-0.2, 0) is 0 Å². The van der Waals surface area contributed by atoms with Crippen LogP contribution in [0.3, 0.4) is 0 Å². The van der Waals surface area contributed by atoms with E-state index in [4.69, 9.17) is 14.9 Å². The lowest BCUT2D eigenvalue weighted by Crippen LogP contribution is -2.44. The fourth-order valence-electron chi connectivity index (χ4n) is 4.31. The van der Waals surface area contributed by atoms with E-state index < -0.39 is 0 Å². The highest BCUT2D eigenvalue weighted by Gasteiger charge is 2.28. The van der Waals surface area contributed by atoms with Gasteiger partial charge in [-0.25, -0.2) is 14.5 Å². The van der Waals surface area contributed by atoms with Crippen molar-refractivity contribution in [1.82, 2.24) is 24.5 Å². The summed E-state index contributed by atoms with van der Waals surface area (Å²) in [6.45, 7) is 3.95. The van der Waals surface area contributed by atoms with Crippen molar-refractivity contribution in [3.63, 3.8) is 0 Å². The first kappa shape index (κ1) is 18.6. The van der Waals surface area contributed by atoms with Crippen molar-refractivity contribution < 1.29 is 9.15 Å². The minimum atomic E-state index is 0.135. The molecule has 5 heterocycles. The van der Waals surface area contributed by atoms with E-state index in [0.29, 0.717) is 11.6 Å². The molecule has 4 aromatic heterocycles. The molecule has 9 nitrogen and oxygen atoms in total. The summed E-state index contributed by atoms with van der Waals surface area (Å²) in [5.74, 6) is 2.24. The van der Waals surface area contributed by atoms with E-state index in [0.717, 1.165) is 67.1 Å². The Bertz CT molecular complexity index is 1240. The van der Waals surface area contributed by atoms with Crippen molar-refractivity contribution in [2.24, 2.45) is 5.73 Å². The van der Waals surface area contributed by atoms with Crippen molar-refractivity contribution >= 4 is 22.4 Å². The minimum Gasteiger partial charge on any atom is -0.473 e. The molecule has 0 spiro atoms. The van der Waals surface area contributed by atoms with Crippen molar-refractivity contribution in [3.05, 3.63) is 36.7 Å². The molecule has 1 saturated heterocycles. The van der Waals surface area contributed by atoms with Crippen molar-refractivity contribution in [3.8, 4) is 17.3 Å². The number of pyridine rings is 1. The van der Waals surface area contributed by atoms with Gasteiger partial charge in [0.25, 0.3) is 0 Å². The maximum atomic E-state index is 6.21. The molecule has 6 rings (SSSR count). The monoisotopic (exact) mass is 419 g/mol. The van der Waals surface area contributed by atoms with Crippen LogP contribution in [0.5, 0.6) is 5.88 Å². The van der Waals surface area contributed by atoms with Crippen molar-refractivity contribution in [1.29, 1.82) is 0 Å². The number of furan rings is 1. The lowest BCUT2D eigenvalue weighted by atomic mass is 9.90. The molecule has 160 valence electrons. The zero-order valence-electron chi connectivity index (χ0n) is 17.4. The number of fused-ring (bicyclic) bond motifs is 2. The van der Waals surface area contributed by atoms with Crippen molar-refractivity contribution in [2.45, 2.75) is 25.0 Å². The highest BCUT2D eigenvalue weighted by molar-refractivity contribution is 5.92. The third-order valence-electron chi connectivity index (χ3n) is 6.24. The number of anilines is 1. The van der Waals surface area contributed by atoms with Crippen LogP contribution in [-0.4, -0.2) is 69.9 Å². The number of hydrogen-bond acceptors (Lipinski definition) is 8. The van der Waals surface area contributed by atoms with Crippen LogP contribution in [0.2, 0.25) is 0 Å². The molecule has 2 fully saturated rings. The van der Waals surface area contributed by atoms with Crippen LogP contribution in [0.15, 0.2) is 41.1 Å². The molecular formula is C22H25N7O2. The maximum Gasteiger partial charge on any atom is 0.232 e. The predicted octanol–water partition coefficient (Wildman–Crippen LogP) is 2.16. The second-order valence-electron chi connectivity index (χ2n) is 8.50. The number of imidazole rings is 1. The Morgan fingerprint density at radius 1 is 1.10 bits per heavy atom. The Morgan fingerprint density at radius 3 is 2.74 bits per heavy atom. The molecule has 2 aliphatic rings. The molecule has 0 unspecified atom stereocenters. The molecule has 0 aromatic carbocycles. The third-order valence-corrected chi connectivity index (χ3v) is 6.24. The maximum absolute atomic E-state index is 6.21. The normalized spacial score (nSPS) is 22.2. The number of aromatic nitrogens is 4. The highest BCUT2D eigenvalue weighted by atomic mass is 16.5. The Hall–Kier alpha value is -3.17. The molecule has 9 heteroatoms. The Balaban J connectivity index is 1.36. The minimum absolute atomic E-state index is 0.135. The summed E-state index contributed by atoms with van der Waals surface area (Å²) in [5, 5.41) is 5.66. The molecule has 0 radical (unpaired) electrons. The molecule has 4 aromatic rings. The number of ether oxygens (including phenoxy) is 1. The molecule has 0 atom stereocenters. The van der Waals surface area contributed by atoms with E-state index in [1.807, 2.05) is 30.5 Å². The number of likely N-dealkylation sites (N-methyl/N-ethyl adjacent to an activating group) is 1. The van der Waals surface area contributed by atoms with Gasteiger partial charge >= 0.3 is 0 Å². The van der Waals surface area contributed by atoms with E-state index in [-0.39, 0.29) is 12.1 Å². The van der Waals surface area contributed by atoms with E-state index in [2.05, 4.69) is 31.9 Å². The largest absolute Gasteiger partial charge is 0.473 e. The standard InChI is InChI=1S/C22H25N7O2/c1-27-6-8-28(9-7-27)22-16-12-19(31-18(16)4-5-24-22)17-13-25-20-2-3-21(26-29(17)20)30-15-10-14(23)11-15/h2-5,12-15H,6-11,23H2,1H3. The van der Waals surface area contributed by atoms with Crippen molar-refractivity contribution in [2.75, 3.05) is 38.1 Å². The summed E-state index contributed by atoms with van der Waals surface area (Å²) in [4.78, 5) is 13.8. The van der Waals surface area contributed by atoms with Gasteiger partial charge in [-0.05, 0) is 38.1 Å². The summed E-state index contributed by atoms with van der Waals surface area (Å²) in [6.07, 6.45) is 5.46. The van der Waals surface area contributed by atoms with Gasteiger partial charge in [-0.1, -0.05) is 0 Å². The van der Waals surface area contributed by atoms with Gasteiger partial charge in [-0.2, -0.15) is 0 Å². The van der Waals surface area contributed by atoms with E-state index in [1.165, 1.54) is 0 Å². The quantitative estimate of drug-likeness (QED) is 0.537. The lowest BCUT2D eigenvalue weighted by Gasteiger charge is -2.33. The van der Waals surface area contributed by atoms with E-state index >= 15 is 0 Å². The Labute approximate surface area is 179 Å². The summed E-state index contributed by atoms with van der Waals surface area (Å²) in [6, 6.07) is 7.94. The predicted molar refractivity (Wildman–Crippen MR) is 117 cm³/mol. The average molecular weight is 419 g/mol. The van der Waals surface area contributed by atoms with Gasteiger partial charge in [0, 0.05) is 44.5 Å². The van der Waals surface area contributed by atoms with Gasteiger partial charge in [0.2, 0.25) is 5.88 Å². The van der Waals surface area contributed by atoms with Crippen LogP contribution in [0, 0.1) is 0 Å². The van der Waals surface area contributed by atoms with Crippen LogP contribution < -0.4 is 15.4 Å². The highest BCUT2D eigenvalue weighted by Crippen LogP contribution is 2.33. The SMILES string of the molecule is CN1CCN(c2nccc3oc(-c4cnc5ccc(OC6CC(N)C6)nn45)cc23)CC1. The van der Waals surface area contributed by atoms with Gasteiger partial charge in [-0.15, -0.1) is 5.10 Å². The summed E-state index contributed by atoms with van der Waals surface area (Å²) < 4.78 is 13.9. The molecule has 1 aliphatic carbocycles. The fraction of sp³-hybridized carbons (Fsp3) is 0.409. The first-order valence-electron chi connectivity index (χ1n) is 10.7. The van der Waals surface area contributed by atoms with Crippen LogP contribution >= 0.6 is 0 Å². The van der Waals surface area contributed by atoms with Gasteiger partial charge < -0.3 is 24.7 Å². The number of nitrogens with two attached hydrogens (primary N) is 1. The fourth-order valence-corrected chi connectivity index (χ4v) is 4.31. The molecule has 1 aliphatic heterocycles.